The fourth-order valence-electron chi connectivity index (χ4n) is 1.31. The van der Waals surface area contributed by atoms with E-state index in [1.807, 2.05) is 6.92 Å². The standard InChI is InChI=1S/C14H30N4O2S.HI/c1-6-20-9-7-8-15-14(16-10-12(2)21-5)17-11-13(19)18(3)4;/h12H,6-11H2,1-5H3,(H2,15,16,17);1H. The molecule has 2 N–H and O–H groups in total. The minimum absolute atomic E-state index is 0. The molecule has 1 unspecified atom stereocenters. The molecule has 1 atom stereocenters. The maximum atomic E-state index is 11.6. The van der Waals surface area contributed by atoms with Crippen LogP contribution in [0.1, 0.15) is 20.3 Å². The molecule has 0 aliphatic carbocycles. The molecule has 0 radical (unpaired) electrons. The van der Waals surface area contributed by atoms with Crippen LogP contribution in [0.4, 0.5) is 0 Å². The second-order valence-corrected chi connectivity index (χ2v) is 6.13. The Bertz CT molecular complexity index is 317. The van der Waals surface area contributed by atoms with Gasteiger partial charge in [-0.15, -0.1) is 24.0 Å². The predicted octanol–water partition coefficient (Wildman–Crippen LogP) is 1.41. The van der Waals surface area contributed by atoms with Crippen molar-refractivity contribution in [2.24, 2.45) is 4.99 Å². The molecule has 0 rings (SSSR count). The molecule has 0 aromatic carbocycles. The van der Waals surface area contributed by atoms with Gasteiger partial charge < -0.3 is 20.3 Å². The number of likely N-dealkylation sites (N-methyl/N-ethyl adjacent to an activating group) is 1. The first-order valence-corrected chi connectivity index (χ1v) is 8.62. The van der Waals surface area contributed by atoms with Crippen LogP contribution in [0.2, 0.25) is 0 Å². The molecule has 0 saturated heterocycles. The Hall–Kier alpha value is -0.220. The van der Waals surface area contributed by atoms with E-state index < -0.39 is 0 Å². The topological polar surface area (TPSA) is 66.0 Å². The van der Waals surface area contributed by atoms with Crippen molar-refractivity contribution in [1.82, 2.24) is 15.5 Å². The van der Waals surface area contributed by atoms with E-state index in [2.05, 4.69) is 28.8 Å². The van der Waals surface area contributed by atoms with Crippen LogP contribution in [0, 0.1) is 0 Å². The van der Waals surface area contributed by atoms with Gasteiger partial charge in [0.1, 0.15) is 6.54 Å². The molecule has 0 bridgehead atoms. The third-order valence-corrected chi connectivity index (χ3v) is 3.76. The third kappa shape index (κ3) is 13.4. The van der Waals surface area contributed by atoms with E-state index in [9.17, 15) is 4.79 Å². The van der Waals surface area contributed by atoms with Gasteiger partial charge in [-0.1, -0.05) is 6.92 Å². The number of carbonyl (C=O) groups excluding carboxylic acids is 1. The van der Waals surface area contributed by atoms with E-state index in [0.29, 0.717) is 11.2 Å². The van der Waals surface area contributed by atoms with Crippen LogP contribution in [0.5, 0.6) is 0 Å². The van der Waals surface area contributed by atoms with E-state index in [0.717, 1.165) is 32.7 Å². The summed E-state index contributed by atoms with van der Waals surface area (Å²) < 4.78 is 5.30. The Balaban J connectivity index is 0. The normalized spacial score (nSPS) is 12.3. The lowest BCUT2D eigenvalue weighted by atomic mass is 10.4. The number of carbonyl (C=O) groups is 1. The van der Waals surface area contributed by atoms with Crippen LogP contribution in [0.25, 0.3) is 0 Å². The van der Waals surface area contributed by atoms with Crippen molar-refractivity contribution in [3.63, 3.8) is 0 Å². The van der Waals surface area contributed by atoms with Crippen LogP contribution in [-0.4, -0.2) is 75.2 Å². The van der Waals surface area contributed by atoms with Crippen molar-refractivity contribution in [2.45, 2.75) is 25.5 Å². The van der Waals surface area contributed by atoms with Crippen molar-refractivity contribution in [3.8, 4) is 0 Å². The number of hydrogen-bond acceptors (Lipinski definition) is 4. The summed E-state index contributed by atoms with van der Waals surface area (Å²) in [7, 11) is 3.46. The van der Waals surface area contributed by atoms with Crippen LogP contribution >= 0.6 is 35.7 Å². The molecule has 22 heavy (non-hydrogen) atoms. The van der Waals surface area contributed by atoms with Crippen LogP contribution < -0.4 is 10.6 Å². The Kier molecular flexibility index (Phi) is 17.1. The molecule has 0 heterocycles. The monoisotopic (exact) mass is 446 g/mol. The smallest absolute Gasteiger partial charge is 0.243 e. The maximum Gasteiger partial charge on any atom is 0.243 e. The molecule has 8 heteroatoms. The second kappa shape index (κ2) is 15.7. The molecule has 6 nitrogen and oxygen atoms in total. The van der Waals surface area contributed by atoms with E-state index in [1.54, 1.807) is 30.8 Å². The highest BCUT2D eigenvalue weighted by atomic mass is 127. The van der Waals surface area contributed by atoms with E-state index >= 15 is 0 Å². The van der Waals surface area contributed by atoms with E-state index in [-0.39, 0.29) is 36.4 Å². The number of thioether (sulfide) groups is 1. The van der Waals surface area contributed by atoms with Crippen molar-refractivity contribution >= 4 is 47.6 Å². The molecular formula is C14H31IN4O2S. The minimum Gasteiger partial charge on any atom is -0.382 e. The minimum atomic E-state index is -0.0108. The van der Waals surface area contributed by atoms with Gasteiger partial charge in [0.05, 0.1) is 0 Å². The van der Waals surface area contributed by atoms with Gasteiger partial charge in [0.25, 0.3) is 0 Å². The lowest BCUT2D eigenvalue weighted by molar-refractivity contribution is -0.127. The highest BCUT2D eigenvalue weighted by Crippen LogP contribution is 2.02. The lowest BCUT2D eigenvalue weighted by Crippen LogP contribution is -2.41. The molecule has 132 valence electrons. The largest absolute Gasteiger partial charge is 0.382 e. The first-order chi connectivity index (χ1) is 10.0. The van der Waals surface area contributed by atoms with Crippen LogP contribution in [0.15, 0.2) is 4.99 Å². The Morgan fingerprint density at radius 2 is 2.05 bits per heavy atom. The van der Waals surface area contributed by atoms with Gasteiger partial charge in [-0.05, 0) is 19.6 Å². The number of nitrogens with zero attached hydrogens (tertiary/aromatic N) is 2. The molecule has 1 amide bonds. The van der Waals surface area contributed by atoms with E-state index in [1.165, 1.54) is 0 Å². The lowest BCUT2D eigenvalue weighted by Gasteiger charge is -2.16. The Morgan fingerprint density at radius 1 is 1.36 bits per heavy atom. The van der Waals surface area contributed by atoms with Crippen molar-refractivity contribution in [3.05, 3.63) is 0 Å². The highest BCUT2D eigenvalue weighted by Gasteiger charge is 2.06. The molecule has 0 aliphatic heterocycles. The second-order valence-electron chi connectivity index (χ2n) is 4.86. The Labute approximate surface area is 156 Å². The highest BCUT2D eigenvalue weighted by molar-refractivity contribution is 14.0. The SMILES string of the molecule is CCOCCCNC(=NCC(=O)N(C)C)NCC(C)SC.I. The summed E-state index contributed by atoms with van der Waals surface area (Å²) in [6, 6.07) is 0. The number of guanidine groups is 1. The number of nitrogens with one attached hydrogen (secondary N) is 2. The summed E-state index contributed by atoms with van der Waals surface area (Å²) in [5.74, 6) is 0.672. The molecule has 0 spiro atoms. The zero-order valence-corrected chi connectivity index (χ0v) is 17.5. The molecule has 0 aliphatic rings. The van der Waals surface area contributed by atoms with Crippen molar-refractivity contribution < 1.29 is 9.53 Å². The zero-order chi connectivity index (χ0) is 16.1. The third-order valence-electron chi connectivity index (χ3n) is 2.79. The summed E-state index contributed by atoms with van der Waals surface area (Å²) in [5.41, 5.74) is 0. The van der Waals surface area contributed by atoms with Gasteiger partial charge in [-0.25, -0.2) is 4.99 Å². The van der Waals surface area contributed by atoms with Gasteiger partial charge in [-0.3, -0.25) is 4.79 Å². The number of aliphatic imine (C=N–C) groups is 1. The maximum absolute atomic E-state index is 11.6. The summed E-state index contributed by atoms with van der Waals surface area (Å²) in [4.78, 5) is 17.5. The summed E-state index contributed by atoms with van der Waals surface area (Å²) in [6.45, 7) is 7.34. The van der Waals surface area contributed by atoms with Gasteiger partial charge in [0, 0.05) is 45.6 Å². The first-order valence-electron chi connectivity index (χ1n) is 7.34. The summed E-state index contributed by atoms with van der Waals surface area (Å²) in [5, 5.41) is 6.98. The van der Waals surface area contributed by atoms with Gasteiger partial charge in [0.2, 0.25) is 5.91 Å². The Morgan fingerprint density at radius 3 is 2.59 bits per heavy atom. The van der Waals surface area contributed by atoms with Gasteiger partial charge >= 0.3 is 0 Å². The molecule has 0 aromatic heterocycles. The van der Waals surface area contributed by atoms with Gasteiger partial charge in [-0.2, -0.15) is 11.8 Å². The van der Waals surface area contributed by atoms with Crippen molar-refractivity contribution in [1.29, 1.82) is 0 Å². The fourth-order valence-corrected chi connectivity index (χ4v) is 1.56. The summed E-state index contributed by atoms with van der Waals surface area (Å²) >= 11 is 1.79. The average molecular weight is 446 g/mol. The number of rotatable bonds is 10. The zero-order valence-electron chi connectivity index (χ0n) is 14.3. The average Bonchev–Trinajstić information content (AvgIpc) is 2.47. The first kappa shape index (κ1) is 24.0. The quantitative estimate of drug-likeness (QED) is 0.230. The molecule has 0 fully saturated rings. The summed E-state index contributed by atoms with van der Waals surface area (Å²) in [6.07, 6.45) is 2.99. The number of ether oxygens (including phenoxy) is 1. The number of hydrogen-bond donors (Lipinski definition) is 2. The van der Waals surface area contributed by atoms with Crippen LogP contribution in [-0.2, 0) is 9.53 Å². The molecule has 0 saturated carbocycles. The van der Waals surface area contributed by atoms with Crippen molar-refractivity contribution in [2.75, 3.05) is 53.2 Å². The molecule has 0 aromatic rings. The molecular weight excluding hydrogens is 415 g/mol. The van der Waals surface area contributed by atoms with Gasteiger partial charge in [0.15, 0.2) is 5.96 Å². The van der Waals surface area contributed by atoms with E-state index in [4.69, 9.17) is 4.74 Å². The fraction of sp³-hybridized carbons (Fsp3) is 0.857. The predicted molar refractivity (Wildman–Crippen MR) is 107 cm³/mol. The van der Waals surface area contributed by atoms with Crippen LogP contribution in [0.3, 0.4) is 0 Å². The number of halogens is 1. The number of amides is 1.